The predicted octanol–water partition coefficient (Wildman–Crippen LogP) is 2.61. The molecule has 0 amide bonds. The number of carboxylic acids is 1. The Morgan fingerprint density at radius 3 is 2.21 bits per heavy atom. The maximum atomic E-state index is 11.2. The molecule has 0 fully saturated rings. The molecule has 1 heterocycles. The minimum absolute atomic E-state index is 0.0929. The molecule has 0 radical (unpaired) electrons. The summed E-state index contributed by atoms with van der Waals surface area (Å²) in [7, 11) is -4.32. The first-order valence-corrected chi connectivity index (χ1v) is 8.89. The summed E-state index contributed by atoms with van der Waals surface area (Å²) >= 11 is 0. The molecule has 0 aliphatic carbocycles. The van der Waals surface area contributed by atoms with Crippen LogP contribution in [0.5, 0.6) is 0 Å². The van der Waals surface area contributed by atoms with E-state index in [-0.39, 0.29) is 16.2 Å². The van der Waals surface area contributed by atoms with Crippen LogP contribution < -0.4 is 5.43 Å². The lowest BCUT2D eigenvalue weighted by Gasteiger charge is -2.02. The van der Waals surface area contributed by atoms with E-state index in [1.807, 2.05) is 0 Å². The van der Waals surface area contributed by atoms with Crippen molar-refractivity contribution in [2.24, 2.45) is 5.10 Å². The molecule has 3 N–H and O–H groups in total. The number of pyridine rings is 1. The molecule has 0 saturated heterocycles. The van der Waals surface area contributed by atoms with Crippen LogP contribution in [0.3, 0.4) is 0 Å². The maximum Gasteiger partial charge on any atom is 0.490 e. The second-order valence-electron chi connectivity index (χ2n) is 5.17. The van der Waals surface area contributed by atoms with Gasteiger partial charge in [-0.25, -0.2) is 9.78 Å². The van der Waals surface area contributed by atoms with E-state index in [1.54, 1.807) is 18.2 Å². The average molecular weight is 433 g/mol. The zero-order valence-electron chi connectivity index (χ0n) is 14.6. The van der Waals surface area contributed by atoms with E-state index in [9.17, 15) is 26.4 Å². The Morgan fingerprint density at radius 1 is 1.17 bits per heavy atom. The number of hydrogen-bond donors (Lipinski definition) is 3. The normalized spacial score (nSPS) is 11.5. The third-order valence-corrected chi connectivity index (χ3v) is 3.92. The molecule has 0 atom stereocenters. The van der Waals surface area contributed by atoms with E-state index in [0.29, 0.717) is 11.4 Å². The Morgan fingerprint density at radius 2 is 1.76 bits per heavy atom. The summed E-state index contributed by atoms with van der Waals surface area (Å²) in [5.41, 5.74) is 3.32. The SMILES string of the molecule is CC(=O)c1ccc(N/N=C/c2ccccc2S(=O)(=O)O)nc1.O=C(O)C(F)(F)F. The molecule has 0 aliphatic rings. The molecule has 1 aromatic heterocycles. The summed E-state index contributed by atoms with van der Waals surface area (Å²) in [5, 5.41) is 11.0. The fraction of sp³-hybridized carbons (Fsp3) is 0.125. The average Bonchev–Trinajstić information content (AvgIpc) is 2.61. The highest BCUT2D eigenvalue weighted by Gasteiger charge is 2.38. The van der Waals surface area contributed by atoms with Gasteiger partial charge in [-0.2, -0.15) is 26.7 Å². The number of alkyl halides is 3. The molecule has 1 aromatic carbocycles. The molecule has 0 saturated carbocycles. The summed E-state index contributed by atoms with van der Waals surface area (Å²) < 4.78 is 63.3. The summed E-state index contributed by atoms with van der Waals surface area (Å²) in [4.78, 5) is 23.8. The number of Topliss-reactive ketones (excluding diaryl/α,β-unsaturated/α-hetero) is 1. The van der Waals surface area contributed by atoms with Gasteiger partial charge in [0.05, 0.1) is 6.21 Å². The fourth-order valence-electron chi connectivity index (χ4n) is 1.66. The molecule has 0 unspecified atom stereocenters. The molecular formula is C16H14F3N3O6S. The van der Waals surface area contributed by atoms with E-state index >= 15 is 0 Å². The number of rotatable bonds is 5. The van der Waals surface area contributed by atoms with Gasteiger partial charge in [0.15, 0.2) is 5.78 Å². The lowest BCUT2D eigenvalue weighted by Crippen LogP contribution is -2.21. The van der Waals surface area contributed by atoms with Crippen molar-refractivity contribution in [2.45, 2.75) is 18.0 Å². The van der Waals surface area contributed by atoms with Gasteiger partial charge in [-0.1, -0.05) is 18.2 Å². The lowest BCUT2D eigenvalue weighted by atomic mass is 10.2. The van der Waals surface area contributed by atoms with Crippen molar-refractivity contribution in [1.29, 1.82) is 0 Å². The number of halogens is 3. The van der Waals surface area contributed by atoms with Crippen LogP contribution in [0.2, 0.25) is 0 Å². The van der Waals surface area contributed by atoms with Gasteiger partial charge in [0.2, 0.25) is 0 Å². The number of ketones is 1. The fourth-order valence-corrected chi connectivity index (χ4v) is 2.33. The Bertz CT molecular complexity index is 1010. The van der Waals surface area contributed by atoms with Crippen LogP contribution in [0.4, 0.5) is 19.0 Å². The van der Waals surface area contributed by atoms with Crippen LogP contribution in [-0.2, 0) is 14.9 Å². The first-order valence-electron chi connectivity index (χ1n) is 7.45. The highest BCUT2D eigenvalue weighted by atomic mass is 32.2. The quantitative estimate of drug-likeness (QED) is 0.282. The molecular weight excluding hydrogens is 419 g/mol. The monoisotopic (exact) mass is 433 g/mol. The van der Waals surface area contributed by atoms with Gasteiger partial charge in [-0.05, 0) is 25.1 Å². The van der Waals surface area contributed by atoms with Crippen molar-refractivity contribution < 1.29 is 40.8 Å². The number of hydrogen-bond acceptors (Lipinski definition) is 7. The van der Waals surface area contributed by atoms with Crippen LogP contribution in [0, 0.1) is 0 Å². The summed E-state index contributed by atoms with van der Waals surface area (Å²) in [6, 6.07) is 9.06. The van der Waals surface area contributed by atoms with Crippen LogP contribution >= 0.6 is 0 Å². The Hall–Kier alpha value is -3.32. The van der Waals surface area contributed by atoms with Gasteiger partial charge in [0.25, 0.3) is 10.1 Å². The van der Waals surface area contributed by atoms with Gasteiger partial charge in [0.1, 0.15) is 10.7 Å². The number of anilines is 1. The van der Waals surface area contributed by atoms with E-state index in [0.717, 1.165) is 0 Å². The summed E-state index contributed by atoms with van der Waals surface area (Å²) in [5.74, 6) is -2.46. The van der Waals surface area contributed by atoms with Crippen molar-refractivity contribution in [3.63, 3.8) is 0 Å². The zero-order valence-corrected chi connectivity index (χ0v) is 15.4. The van der Waals surface area contributed by atoms with Crippen molar-refractivity contribution in [1.82, 2.24) is 4.98 Å². The smallest absolute Gasteiger partial charge is 0.475 e. The minimum atomic E-state index is -5.08. The number of aliphatic carboxylic acids is 1. The van der Waals surface area contributed by atoms with Crippen molar-refractivity contribution in [2.75, 3.05) is 5.43 Å². The van der Waals surface area contributed by atoms with Gasteiger partial charge < -0.3 is 5.11 Å². The molecule has 2 rings (SSSR count). The second-order valence-corrected chi connectivity index (χ2v) is 6.56. The number of carbonyl (C=O) groups is 2. The molecule has 0 bridgehead atoms. The topological polar surface area (TPSA) is 146 Å². The number of carboxylic acid groups (broad SMARTS) is 1. The molecule has 0 spiro atoms. The van der Waals surface area contributed by atoms with Gasteiger partial charge in [0, 0.05) is 17.3 Å². The van der Waals surface area contributed by atoms with E-state index in [2.05, 4.69) is 15.5 Å². The maximum absolute atomic E-state index is 11.2. The molecule has 2 aromatic rings. The van der Waals surface area contributed by atoms with E-state index in [1.165, 1.54) is 37.5 Å². The Kier molecular flexibility index (Phi) is 7.97. The number of hydrazone groups is 1. The van der Waals surface area contributed by atoms with Crippen LogP contribution in [-0.4, -0.2) is 47.2 Å². The molecule has 0 aliphatic heterocycles. The van der Waals surface area contributed by atoms with Crippen LogP contribution in [0.1, 0.15) is 22.8 Å². The Labute approximate surface area is 162 Å². The Balaban J connectivity index is 0.000000516. The van der Waals surface area contributed by atoms with Gasteiger partial charge in [-0.3, -0.25) is 14.8 Å². The first kappa shape index (κ1) is 23.7. The predicted molar refractivity (Wildman–Crippen MR) is 95.4 cm³/mol. The third kappa shape index (κ3) is 8.06. The van der Waals surface area contributed by atoms with E-state index in [4.69, 9.17) is 14.5 Å². The third-order valence-electron chi connectivity index (χ3n) is 2.99. The first-order chi connectivity index (χ1) is 13.3. The van der Waals surface area contributed by atoms with Crippen molar-refractivity contribution in [3.05, 3.63) is 53.7 Å². The standard InChI is InChI=1S/C14H13N3O4S.C2HF3O2/c1-10(18)11-6-7-14(15-8-11)17-16-9-12-4-2-3-5-13(12)22(19,20)21;3-2(4,5)1(6)7/h2-9H,1H3,(H,15,17)(H,19,20,21);(H,6,7)/b16-9+;. The zero-order chi connectivity index (χ0) is 22.2. The molecule has 156 valence electrons. The number of nitrogens with one attached hydrogen (secondary N) is 1. The minimum Gasteiger partial charge on any atom is -0.475 e. The summed E-state index contributed by atoms with van der Waals surface area (Å²) in [6.07, 6.45) is -2.42. The number of nitrogens with zero attached hydrogens (tertiary/aromatic N) is 2. The van der Waals surface area contributed by atoms with Gasteiger partial charge >= 0.3 is 12.1 Å². The highest BCUT2D eigenvalue weighted by Crippen LogP contribution is 2.14. The largest absolute Gasteiger partial charge is 0.490 e. The van der Waals surface area contributed by atoms with Crippen molar-refractivity contribution in [3.8, 4) is 0 Å². The van der Waals surface area contributed by atoms with Gasteiger partial charge in [-0.15, -0.1) is 0 Å². The number of carbonyl (C=O) groups excluding carboxylic acids is 1. The lowest BCUT2D eigenvalue weighted by molar-refractivity contribution is -0.192. The summed E-state index contributed by atoms with van der Waals surface area (Å²) in [6.45, 7) is 1.44. The van der Waals surface area contributed by atoms with Crippen molar-refractivity contribution >= 4 is 33.9 Å². The van der Waals surface area contributed by atoms with E-state index < -0.39 is 22.3 Å². The van der Waals surface area contributed by atoms with Crippen LogP contribution in [0.25, 0.3) is 0 Å². The molecule has 29 heavy (non-hydrogen) atoms. The second kappa shape index (κ2) is 9.75. The number of benzene rings is 1. The van der Waals surface area contributed by atoms with Crippen LogP contribution in [0.15, 0.2) is 52.6 Å². The molecule has 9 nitrogen and oxygen atoms in total. The number of aromatic nitrogens is 1. The molecule has 13 heteroatoms. The highest BCUT2D eigenvalue weighted by molar-refractivity contribution is 7.86.